The molecule has 0 saturated heterocycles. The number of aromatic nitrogens is 1. The fourth-order valence-corrected chi connectivity index (χ4v) is 3.09. The molecule has 2 aromatic carbocycles. The van der Waals surface area contributed by atoms with Gasteiger partial charge >= 0.3 is 5.97 Å². The van der Waals surface area contributed by atoms with E-state index in [0.717, 1.165) is 20.6 Å². The van der Waals surface area contributed by atoms with E-state index in [-0.39, 0.29) is 12.4 Å². The van der Waals surface area contributed by atoms with Crippen LogP contribution in [0.1, 0.15) is 11.9 Å². The smallest absolute Gasteiger partial charge is 0.312 e. The van der Waals surface area contributed by atoms with E-state index < -0.39 is 0 Å². The number of nitrogens with zero attached hydrogens (tertiary/aromatic N) is 1. The summed E-state index contributed by atoms with van der Waals surface area (Å²) >= 11 is 1.55. The summed E-state index contributed by atoms with van der Waals surface area (Å²) in [7, 11) is 0. The first-order chi connectivity index (χ1) is 9.28. The number of benzene rings is 2. The molecule has 4 heteroatoms. The van der Waals surface area contributed by atoms with Gasteiger partial charge in [0.05, 0.1) is 23.2 Å². The molecule has 0 atom stereocenters. The Hall–Kier alpha value is -1.94. The summed E-state index contributed by atoms with van der Waals surface area (Å²) in [6.45, 7) is 2.22. The molecule has 3 aromatic rings. The lowest BCUT2D eigenvalue weighted by Crippen LogP contribution is -2.06. The third-order valence-electron chi connectivity index (χ3n) is 2.93. The van der Waals surface area contributed by atoms with Gasteiger partial charge in [-0.15, -0.1) is 11.3 Å². The second-order valence-electron chi connectivity index (χ2n) is 4.22. The Morgan fingerprint density at radius 1 is 1.26 bits per heavy atom. The number of esters is 1. The highest BCUT2D eigenvalue weighted by molar-refractivity contribution is 7.18. The minimum absolute atomic E-state index is 0.217. The number of ether oxygens (including phenoxy) is 1. The normalized spacial score (nSPS) is 11.0. The van der Waals surface area contributed by atoms with Crippen LogP contribution in [0.5, 0.6) is 0 Å². The van der Waals surface area contributed by atoms with E-state index in [2.05, 4.69) is 29.2 Å². The number of fused-ring (bicyclic) bond motifs is 3. The van der Waals surface area contributed by atoms with E-state index in [1.807, 2.05) is 19.1 Å². The van der Waals surface area contributed by atoms with Gasteiger partial charge in [0.15, 0.2) is 0 Å². The van der Waals surface area contributed by atoms with Crippen LogP contribution in [0.4, 0.5) is 0 Å². The van der Waals surface area contributed by atoms with Gasteiger partial charge in [-0.3, -0.25) is 4.79 Å². The lowest BCUT2D eigenvalue weighted by atomic mass is 10.1. The van der Waals surface area contributed by atoms with Crippen LogP contribution in [0.25, 0.3) is 21.0 Å². The second kappa shape index (κ2) is 4.97. The van der Waals surface area contributed by atoms with Crippen molar-refractivity contribution in [2.75, 3.05) is 6.61 Å². The molecule has 0 unspecified atom stereocenters. The molecular weight excluding hydrogens is 258 g/mol. The van der Waals surface area contributed by atoms with Crippen molar-refractivity contribution >= 4 is 38.3 Å². The summed E-state index contributed by atoms with van der Waals surface area (Å²) in [4.78, 5) is 16.1. The molecule has 0 fully saturated rings. The van der Waals surface area contributed by atoms with Gasteiger partial charge in [0.1, 0.15) is 5.01 Å². The Balaban J connectivity index is 2.05. The van der Waals surface area contributed by atoms with Gasteiger partial charge in [0.2, 0.25) is 0 Å². The number of rotatable bonds is 3. The highest BCUT2D eigenvalue weighted by Gasteiger charge is 2.11. The molecule has 0 N–H and O–H groups in total. The zero-order valence-electron chi connectivity index (χ0n) is 10.6. The Morgan fingerprint density at radius 3 is 2.95 bits per heavy atom. The van der Waals surface area contributed by atoms with E-state index in [4.69, 9.17) is 4.74 Å². The van der Waals surface area contributed by atoms with E-state index in [1.54, 1.807) is 11.3 Å². The molecule has 0 aliphatic carbocycles. The zero-order valence-corrected chi connectivity index (χ0v) is 11.4. The quantitative estimate of drug-likeness (QED) is 0.684. The van der Waals surface area contributed by atoms with Crippen LogP contribution in [-0.2, 0) is 16.0 Å². The monoisotopic (exact) mass is 271 g/mol. The number of carbonyl (C=O) groups is 1. The van der Waals surface area contributed by atoms with Gasteiger partial charge in [0.25, 0.3) is 0 Å². The number of hydrogen-bond donors (Lipinski definition) is 0. The van der Waals surface area contributed by atoms with E-state index in [1.165, 1.54) is 5.39 Å². The number of carbonyl (C=O) groups excluding carboxylic acids is 1. The molecular formula is C15H13NO2S. The first-order valence-corrected chi connectivity index (χ1v) is 7.02. The molecule has 96 valence electrons. The topological polar surface area (TPSA) is 39.2 Å². The third-order valence-corrected chi connectivity index (χ3v) is 3.95. The van der Waals surface area contributed by atoms with Crippen LogP contribution in [0, 0.1) is 0 Å². The molecule has 0 saturated carbocycles. The van der Waals surface area contributed by atoms with Gasteiger partial charge in [0, 0.05) is 5.39 Å². The largest absolute Gasteiger partial charge is 0.466 e. The Morgan fingerprint density at radius 2 is 2.11 bits per heavy atom. The second-order valence-corrected chi connectivity index (χ2v) is 5.34. The molecule has 0 bridgehead atoms. The van der Waals surface area contributed by atoms with Gasteiger partial charge < -0.3 is 4.74 Å². The Kier molecular flexibility index (Phi) is 3.17. The van der Waals surface area contributed by atoms with E-state index in [9.17, 15) is 4.79 Å². The predicted molar refractivity (Wildman–Crippen MR) is 77.5 cm³/mol. The molecule has 3 rings (SSSR count). The summed E-state index contributed by atoms with van der Waals surface area (Å²) in [6.07, 6.45) is 0.252. The van der Waals surface area contributed by atoms with E-state index >= 15 is 0 Å². The van der Waals surface area contributed by atoms with Gasteiger partial charge in [-0.1, -0.05) is 30.3 Å². The van der Waals surface area contributed by atoms with Gasteiger partial charge in [-0.2, -0.15) is 0 Å². The van der Waals surface area contributed by atoms with Crippen molar-refractivity contribution in [3.05, 3.63) is 41.4 Å². The summed E-state index contributed by atoms with van der Waals surface area (Å²) in [6, 6.07) is 12.3. The standard InChI is InChI=1S/C15H13NO2S/c1-2-18-14(17)9-13-16-15-11-6-4-3-5-10(11)7-8-12(15)19-13/h3-8H,2,9H2,1H3. The molecule has 0 aliphatic heterocycles. The van der Waals surface area contributed by atoms with Crippen LogP contribution in [0.3, 0.4) is 0 Å². The average molecular weight is 271 g/mol. The summed E-state index contributed by atoms with van der Waals surface area (Å²) in [5.74, 6) is -0.217. The summed E-state index contributed by atoms with van der Waals surface area (Å²) in [5.41, 5.74) is 0.974. The lowest BCUT2D eigenvalue weighted by molar-refractivity contribution is -0.142. The molecule has 0 spiro atoms. The van der Waals surface area contributed by atoms with Crippen molar-refractivity contribution in [3.8, 4) is 0 Å². The first kappa shape index (κ1) is 12.1. The predicted octanol–water partition coefficient (Wildman–Crippen LogP) is 3.56. The van der Waals surface area contributed by atoms with Crippen molar-refractivity contribution in [2.24, 2.45) is 0 Å². The maximum atomic E-state index is 11.5. The van der Waals surface area contributed by atoms with Gasteiger partial charge in [-0.05, 0) is 18.4 Å². The molecule has 1 heterocycles. The van der Waals surface area contributed by atoms with Gasteiger partial charge in [-0.25, -0.2) is 4.98 Å². The maximum absolute atomic E-state index is 11.5. The maximum Gasteiger partial charge on any atom is 0.312 e. The van der Waals surface area contributed by atoms with Crippen molar-refractivity contribution in [3.63, 3.8) is 0 Å². The minimum Gasteiger partial charge on any atom is -0.466 e. The summed E-state index contributed by atoms with van der Waals surface area (Å²) < 4.78 is 6.07. The summed E-state index contributed by atoms with van der Waals surface area (Å²) in [5, 5.41) is 3.11. The lowest BCUT2D eigenvalue weighted by Gasteiger charge is -1.97. The molecule has 3 nitrogen and oxygen atoms in total. The average Bonchev–Trinajstić information content (AvgIpc) is 2.81. The Bertz CT molecular complexity index is 748. The van der Waals surface area contributed by atoms with Crippen molar-refractivity contribution in [1.82, 2.24) is 4.98 Å². The molecule has 1 aromatic heterocycles. The van der Waals surface area contributed by atoms with Crippen LogP contribution in [-0.4, -0.2) is 17.6 Å². The molecule has 0 amide bonds. The van der Waals surface area contributed by atoms with E-state index in [0.29, 0.717) is 6.61 Å². The Labute approximate surface area is 114 Å². The van der Waals surface area contributed by atoms with Crippen LogP contribution < -0.4 is 0 Å². The third kappa shape index (κ3) is 2.31. The highest BCUT2D eigenvalue weighted by Crippen LogP contribution is 2.29. The van der Waals surface area contributed by atoms with Crippen LogP contribution in [0.15, 0.2) is 36.4 Å². The zero-order chi connectivity index (χ0) is 13.2. The highest BCUT2D eigenvalue weighted by atomic mass is 32.1. The van der Waals surface area contributed by atoms with Crippen molar-refractivity contribution in [2.45, 2.75) is 13.3 Å². The number of hydrogen-bond acceptors (Lipinski definition) is 4. The van der Waals surface area contributed by atoms with Crippen molar-refractivity contribution in [1.29, 1.82) is 0 Å². The molecule has 19 heavy (non-hydrogen) atoms. The van der Waals surface area contributed by atoms with Crippen LogP contribution >= 0.6 is 11.3 Å². The SMILES string of the molecule is CCOC(=O)Cc1nc2c(ccc3ccccc32)s1. The minimum atomic E-state index is -0.217. The number of thiazole rings is 1. The van der Waals surface area contributed by atoms with Crippen molar-refractivity contribution < 1.29 is 9.53 Å². The fraction of sp³-hybridized carbons (Fsp3) is 0.200. The fourth-order valence-electron chi connectivity index (χ4n) is 2.12. The van der Waals surface area contributed by atoms with Crippen LogP contribution in [0.2, 0.25) is 0 Å². The molecule has 0 radical (unpaired) electrons. The molecule has 0 aliphatic rings. The first-order valence-electron chi connectivity index (χ1n) is 6.20.